The summed E-state index contributed by atoms with van der Waals surface area (Å²) in [7, 11) is 0. The molecule has 0 radical (unpaired) electrons. The van der Waals surface area contributed by atoms with Crippen LogP contribution in [0.5, 0.6) is 0 Å². The van der Waals surface area contributed by atoms with Crippen molar-refractivity contribution in [3.8, 4) is 0 Å². The summed E-state index contributed by atoms with van der Waals surface area (Å²) in [4.78, 5) is 10.3. The van der Waals surface area contributed by atoms with Crippen LogP contribution in [0.2, 0.25) is 0 Å². The number of carbonyl (C=O) groups is 1. The van der Waals surface area contributed by atoms with Crippen LogP contribution < -0.4 is 0 Å². The minimum atomic E-state index is -0.663. The average Bonchev–Trinajstić information content (AvgIpc) is 2.34. The molecule has 114 valence electrons. The highest BCUT2D eigenvalue weighted by Gasteiger charge is 1.98. The molecule has 0 aliphatic carbocycles. The summed E-state index contributed by atoms with van der Waals surface area (Å²) in [6.45, 7) is 2.07. The van der Waals surface area contributed by atoms with Gasteiger partial charge < -0.3 is 5.11 Å². The Hall–Kier alpha value is -0.240. The Kier molecular flexibility index (Phi) is 14.0. The Morgan fingerprint density at radius 2 is 1.21 bits per heavy atom. The minimum absolute atomic E-state index is 0.334. The Labute approximate surface area is 123 Å². The molecule has 0 heterocycles. The van der Waals surface area contributed by atoms with Crippen LogP contribution in [0.4, 0.5) is 0 Å². The van der Waals surface area contributed by atoms with Crippen molar-refractivity contribution in [3.05, 3.63) is 0 Å². The summed E-state index contributed by atoms with van der Waals surface area (Å²) in [5, 5.41) is 8.83. The van der Waals surface area contributed by atoms with Crippen molar-refractivity contribution in [3.63, 3.8) is 0 Å². The molecule has 1 unspecified atom stereocenters. The van der Waals surface area contributed by atoms with Crippen molar-refractivity contribution >= 4 is 17.6 Å². The third kappa shape index (κ3) is 17.8. The molecular formula is C16H31ClO2. The smallest absolute Gasteiger partial charge is 0.303 e. The molecule has 3 heteroatoms. The maximum atomic E-state index is 10.3. The van der Waals surface area contributed by atoms with E-state index in [1.54, 1.807) is 0 Å². The molecule has 1 N–H and O–H groups in total. The highest BCUT2D eigenvalue weighted by Crippen LogP contribution is 2.13. The van der Waals surface area contributed by atoms with Crippen molar-refractivity contribution in [1.29, 1.82) is 0 Å². The highest BCUT2D eigenvalue weighted by molar-refractivity contribution is 6.20. The maximum Gasteiger partial charge on any atom is 0.303 e. The first-order chi connectivity index (χ1) is 9.13. The van der Waals surface area contributed by atoms with Crippen LogP contribution in [-0.2, 0) is 4.79 Å². The first-order valence-electron chi connectivity index (χ1n) is 7.99. The summed E-state index contributed by atoms with van der Waals surface area (Å²) in [6, 6.07) is 0. The van der Waals surface area contributed by atoms with Crippen molar-refractivity contribution in [2.24, 2.45) is 0 Å². The first kappa shape index (κ1) is 18.8. The largest absolute Gasteiger partial charge is 0.481 e. The fraction of sp³-hybridized carbons (Fsp3) is 0.938. The van der Waals surface area contributed by atoms with Crippen LogP contribution in [0, 0.1) is 0 Å². The average molecular weight is 291 g/mol. The number of hydrogen-bond acceptors (Lipinski definition) is 1. The standard InChI is InChI=1S/C16H31ClO2/c1-15(17)13-11-9-7-5-3-2-4-6-8-10-12-14-16(18)19/h15H,2-14H2,1H3,(H,18,19). The lowest BCUT2D eigenvalue weighted by atomic mass is 10.0. The van der Waals surface area contributed by atoms with Gasteiger partial charge >= 0.3 is 5.97 Å². The topological polar surface area (TPSA) is 37.3 Å². The molecule has 2 nitrogen and oxygen atoms in total. The molecule has 0 saturated carbocycles. The van der Waals surface area contributed by atoms with E-state index in [-0.39, 0.29) is 0 Å². The molecule has 0 aromatic carbocycles. The number of carboxylic acids is 1. The summed E-state index contributed by atoms with van der Waals surface area (Å²) >= 11 is 5.90. The molecule has 0 saturated heterocycles. The fourth-order valence-electron chi connectivity index (χ4n) is 2.29. The lowest BCUT2D eigenvalue weighted by Gasteiger charge is -2.03. The molecule has 0 aliphatic rings. The van der Waals surface area contributed by atoms with E-state index in [1.165, 1.54) is 57.8 Å². The van der Waals surface area contributed by atoms with E-state index in [9.17, 15) is 4.79 Å². The van der Waals surface area contributed by atoms with Gasteiger partial charge in [0.15, 0.2) is 0 Å². The monoisotopic (exact) mass is 290 g/mol. The van der Waals surface area contributed by atoms with E-state index in [2.05, 4.69) is 6.92 Å². The van der Waals surface area contributed by atoms with Crippen LogP contribution >= 0.6 is 11.6 Å². The predicted molar refractivity (Wildman–Crippen MR) is 83.0 cm³/mol. The summed E-state index contributed by atoms with van der Waals surface area (Å²) in [6.07, 6.45) is 15.2. The number of alkyl halides is 1. The molecular weight excluding hydrogens is 260 g/mol. The van der Waals surface area contributed by atoms with E-state index in [0.717, 1.165) is 19.3 Å². The molecule has 0 fully saturated rings. The van der Waals surface area contributed by atoms with E-state index in [1.807, 2.05) is 0 Å². The second-order valence-electron chi connectivity index (χ2n) is 5.60. The zero-order valence-corrected chi connectivity index (χ0v) is 13.3. The van der Waals surface area contributed by atoms with Crippen LogP contribution in [-0.4, -0.2) is 16.5 Å². The lowest BCUT2D eigenvalue weighted by molar-refractivity contribution is -0.137. The second kappa shape index (κ2) is 14.2. The van der Waals surface area contributed by atoms with Gasteiger partial charge in [-0.3, -0.25) is 4.79 Å². The van der Waals surface area contributed by atoms with E-state index in [0.29, 0.717) is 11.8 Å². The Morgan fingerprint density at radius 3 is 1.58 bits per heavy atom. The number of unbranched alkanes of at least 4 members (excludes halogenated alkanes) is 10. The van der Waals surface area contributed by atoms with Crippen molar-refractivity contribution in [2.45, 2.75) is 95.8 Å². The van der Waals surface area contributed by atoms with Gasteiger partial charge in [-0.25, -0.2) is 0 Å². The van der Waals surface area contributed by atoms with E-state index < -0.39 is 5.97 Å². The Bertz CT molecular complexity index is 205. The Morgan fingerprint density at radius 1 is 0.842 bits per heavy atom. The summed E-state index contributed by atoms with van der Waals surface area (Å²) < 4.78 is 0. The minimum Gasteiger partial charge on any atom is -0.481 e. The third-order valence-corrected chi connectivity index (χ3v) is 3.71. The van der Waals surface area contributed by atoms with E-state index >= 15 is 0 Å². The van der Waals surface area contributed by atoms with Crippen LogP contribution in [0.3, 0.4) is 0 Å². The van der Waals surface area contributed by atoms with Gasteiger partial charge in [0.05, 0.1) is 0 Å². The highest BCUT2D eigenvalue weighted by atomic mass is 35.5. The van der Waals surface area contributed by atoms with Crippen LogP contribution in [0.15, 0.2) is 0 Å². The van der Waals surface area contributed by atoms with Gasteiger partial charge in [-0.05, 0) is 19.8 Å². The van der Waals surface area contributed by atoms with Gasteiger partial charge in [0, 0.05) is 11.8 Å². The van der Waals surface area contributed by atoms with Crippen molar-refractivity contribution in [2.75, 3.05) is 0 Å². The number of carboxylic acid groups (broad SMARTS) is 1. The fourth-order valence-corrected chi connectivity index (χ4v) is 2.45. The zero-order chi connectivity index (χ0) is 14.3. The number of rotatable bonds is 14. The second-order valence-corrected chi connectivity index (χ2v) is 6.35. The molecule has 1 atom stereocenters. The molecule has 0 spiro atoms. The van der Waals surface area contributed by atoms with Gasteiger partial charge in [0.2, 0.25) is 0 Å². The Balaban J connectivity index is 2.97. The van der Waals surface area contributed by atoms with Crippen molar-refractivity contribution < 1.29 is 9.90 Å². The molecule has 19 heavy (non-hydrogen) atoms. The number of halogens is 1. The molecule has 0 rings (SSSR count). The summed E-state index contributed by atoms with van der Waals surface area (Å²) in [5.74, 6) is -0.663. The zero-order valence-electron chi connectivity index (χ0n) is 12.5. The normalized spacial score (nSPS) is 12.5. The van der Waals surface area contributed by atoms with Gasteiger partial charge in [0.1, 0.15) is 0 Å². The SMILES string of the molecule is CC(Cl)CCCCCCCCCCCCCC(=O)O. The van der Waals surface area contributed by atoms with Gasteiger partial charge in [-0.15, -0.1) is 11.6 Å². The van der Waals surface area contributed by atoms with E-state index in [4.69, 9.17) is 16.7 Å². The lowest BCUT2D eigenvalue weighted by Crippen LogP contribution is -1.93. The number of hydrogen-bond donors (Lipinski definition) is 1. The van der Waals surface area contributed by atoms with Crippen LogP contribution in [0.1, 0.15) is 90.4 Å². The summed E-state index contributed by atoms with van der Waals surface area (Å²) in [5.41, 5.74) is 0. The number of aliphatic carboxylic acids is 1. The van der Waals surface area contributed by atoms with Gasteiger partial charge in [0.25, 0.3) is 0 Å². The molecule has 0 aromatic heterocycles. The van der Waals surface area contributed by atoms with Crippen LogP contribution in [0.25, 0.3) is 0 Å². The molecule has 0 aromatic rings. The first-order valence-corrected chi connectivity index (χ1v) is 8.42. The third-order valence-electron chi connectivity index (χ3n) is 3.49. The van der Waals surface area contributed by atoms with Gasteiger partial charge in [-0.1, -0.05) is 64.2 Å². The molecule has 0 aliphatic heterocycles. The van der Waals surface area contributed by atoms with Gasteiger partial charge in [-0.2, -0.15) is 0 Å². The quantitative estimate of drug-likeness (QED) is 0.326. The van der Waals surface area contributed by atoms with Crippen molar-refractivity contribution in [1.82, 2.24) is 0 Å². The molecule has 0 amide bonds. The molecule has 0 bridgehead atoms. The maximum absolute atomic E-state index is 10.3. The predicted octanol–water partition coefficient (Wildman–Crippen LogP) is 5.77.